The predicted molar refractivity (Wildman–Crippen MR) is 131 cm³/mol. The van der Waals surface area contributed by atoms with Crippen molar-refractivity contribution < 1.29 is 42.3 Å². The zero-order chi connectivity index (χ0) is 28.8. The molecule has 2 heterocycles. The van der Waals surface area contributed by atoms with Crippen molar-refractivity contribution in [3.63, 3.8) is 0 Å². The van der Waals surface area contributed by atoms with Crippen molar-refractivity contribution in [3.8, 4) is 11.5 Å². The first-order valence-electron chi connectivity index (χ1n) is 11.9. The molecule has 2 saturated heterocycles. The topological polar surface area (TPSA) is 148 Å². The van der Waals surface area contributed by atoms with Gasteiger partial charge >= 0.3 is 12.1 Å². The summed E-state index contributed by atoms with van der Waals surface area (Å²) >= 11 is 0. The molecule has 10 nitrogen and oxygen atoms in total. The van der Waals surface area contributed by atoms with E-state index in [0.29, 0.717) is 11.1 Å². The third kappa shape index (κ3) is 4.75. The summed E-state index contributed by atoms with van der Waals surface area (Å²) in [5, 5.41) is 26.5. The van der Waals surface area contributed by atoms with E-state index in [2.05, 4.69) is 10.6 Å². The second-order valence-electron chi connectivity index (χ2n) is 9.56. The van der Waals surface area contributed by atoms with E-state index in [1.54, 1.807) is 6.07 Å². The number of fused-ring (bicyclic) bond motifs is 1. The Labute approximate surface area is 223 Å². The van der Waals surface area contributed by atoms with Crippen LogP contribution in [0.25, 0.3) is 0 Å². The molecule has 40 heavy (non-hydrogen) atoms. The summed E-state index contributed by atoms with van der Waals surface area (Å²) in [5.74, 6) is -5.24. The van der Waals surface area contributed by atoms with Crippen LogP contribution in [0.3, 0.4) is 0 Å². The second-order valence-corrected chi connectivity index (χ2v) is 9.56. The van der Waals surface area contributed by atoms with Gasteiger partial charge in [0.15, 0.2) is 0 Å². The number of carbonyl (C=O) groups excluding carboxylic acids is 2. The van der Waals surface area contributed by atoms with Crippen molar-refractivity contribution in [2.75, 3.05) is 0 Å². The molecule has 0 radical (unpaired) electrons. The number of hydrogen-bond donors (Lipinski definition) is 3. The van der Waals surface area contributed by atoms with Crippen LogP contribution in [0.1, 0.15) is 22.7 Å². The van der Waals surface area contributed by atoms with Crippen LogP contribution in [0.5, 0.6) is 11.5 Å². The van der Waals surface area contributed by atoms with Gasteiger partial charge < -0.3 is 9.84 Å². The van der Waals surface area contributed by atoms with Gasteiger partial charge in [-0.25, -0.2) is 0 Å². The van der Waals surface area contributed by atoms with Gasteiger partial charge in [-0.2, -0.15) is 13.2 Å². The number of imide groups is 1. The molecule has 2 aliphatic rings. The molecule has 5 rings (SSSR count). The molecule has 4 atom stereocenters. The highest BCUT2D eigenvalue weighted by Gasteiger charge is 2.66. The van der Waals surface area contributed by atoms with Crippen molar-refractivity contribution in [3.05, 3.63) is 99.6 Å². The zero-order valence-electron chi connectivity index (χ0n) is 20.3. The molecule has 0 aromatic heterocycles. The minimum Gasteiger partial charge on any atom is -0.480 e. The number of rotatable bonds is 7. The number of nitro groups is 1. The zero-order valence-corrected chi connectivity index (χ0v) is 20.3. The molecular formula is C27H20F3N3O7. The largest absolute Gasteiger partial charge is 0.480 e. The van der Waals surface area contributed by atoms with E-state index >= 15 is 0 Å². The van der Waals surface area contributed by atoms with Crippen molar-refractivity contribution >= 4 is 23.5 Å². The number of nitrogens with one attached hydrogen (secondary N) is 2. The van der Waals surface area contributed by atoms with Crippen molar-refractivity contribution in [2.24, 2.45) is 11.8 Å². The summed E-state index contributed by atoms with van der Waals surface area (Å²) < 4.78 is 45.0. The molecule has 3 aromatic rings. The van der Waals surface area contributed by atoms with Crippen molar-refractivity contribution in [1.29, 1.82) is 0 Å². The molecule has 2 fully saturated rings. The van der Waals surface area contributed by atoms with E-state index in [9.17, 15) is 42.8 Å². The van der Waals surface area contributed by atoms with Crippen LogP contribution in [0, 0.1) is 22.0 Å². The number of hydrogen-bond acceptors (Lipinski definition) is 7. The van der Waals surface area contributed by atoms with Gasteiger partial charge in [0.2, 0.25) is 11.8 Å². The van der Waals surface area contributed by atoms with E-state index in [0.717, 1.165) is 12.1 Å². The van der Waals surface area contributed by atoms with Gasteiger partial charge in [-0.1, -0.05) is 30.3 Å². The SMILES string of the molecule is O=C1NC(=O)C2C1C(c1cccc(Oc3cccc(C(F)(F)F)c3)c1)NC2(Cc1ccc([N+](=O)[O-])cc1)C(=O)O. The lowest BCUT2D eigenvalue weighted by atomic mass is 9.76. The third-order valence-electron chi connectivity index (χ3n) is 7.12. The summed E-state index contributed by atoms with van der Waals surface area (Å²) in [4.78, 5) is 48.9. The molecule has 0 saturated carbocycles. The number of non-ortho nitro benzene ring substituents is 1. The highest BCUT2D eigenvalue weighted by molar-refractivity contribution is 6.09. The molecule has 2 aliphatic heterocycles. The van der Waals surface area contributed by atoms with E-state index in [1.165, 1.54) is 54.6 Å². The molecule has 206 valence electrons. The Morgan fingerprint density at radius 1 is 1.00 bits per heavy atom. The van der Waals surface area contributed by atoms with Crippen molar-refractivity contribution in [2.45, 2.75) is 24.2 Å². The lowest BCUT2D eigenvalue weighted by molar-refractivity contribution is -0.384. The molecule has 3 aromatic carbocycles. The fraction of sp³-hybridized carbons (Fsp3) is 0.222. The average Bonchev–Trinajstić information content (AvgIpc) is 3.40. The number of alkyl halides is 3. The van der Waals surface area contributed by atoms with Crippen LogP contribution in [0.15, 0.2) is 72.8 Å². The van der Waals surface area contributed by atoms with Crippen LogP contribution in [0.2, 0.25) is 0 Å². The number of carboxylic acid groups (broad SMARTS) is 1. The summed E-state index contributed by atoms with van der Waals surface area (Å²) in [5.41, 5.74) is -2.29. The molecular weight excluding hydrogens is 535 g/mol. The number of carbonyl (C=O) groups is 3. The third-order valence-corrected chi connectivity index (χ3v) is 7.12. The fourth-order valence-electron chi connectivity index (χ4n) is 5.35. The Morgan fingerprint density at radius 3 is 2.27 bits per heavy atom. The smallest absolute Gasteiger partial charge is 0.416 e. The maximum atomic E-state index is 13.1. The van der Waals surface area contributed by atoms with E-state index in [-0.39, 0.29) is 23.6 Å². The quantitative estimate of drug-likeness (QED) is 0.225. The van der Waals surface area contributed by atoms with Gasteiger partial charge in [-0.3, -0.25) is 35.1 Å². The second kappa shape index (κ2) is 9.75. The number of ether oxygens (including phenoxy) is 1. The first-order valence-corrected chi connectivity index (χ1v) is 11.9. The Bertz CT molecular complexity index is 1530. The standard InChI is InChI=1S/C27H20F3N3O7/c28-27(29,30)16-4-2-6-19(12-16)40-18-5-1-3-15(11-18)22-20-21(24(35)31-23(20)34)26(32-22,25(36)37)13-14-7-9-17(10-8-14)33(38)39/h1-12,20-22,32H,13H2,(H,36,37)(H,31,34,35). The van der Waals surface area contributed by atoms with E-state index < -0.39 is 57.9 Å². The Morgan fingerprint density at radius 2 is 1.65 bits per heavy atom. The first kappa shape index (κ1) is 26.8. The van der Waals surface area contributed by atoms with Gasteiger partial charge in [0.05, 0.1) is 22.3 Å². The summed E-state index contributed by atoms with van der Waals surface area (Å²) in [6, 6.07) is 14.5. The Kier molecular flexibility index (Phi) is 6.54. The molecule has 0 spiro atoms. The van der Waals surface area contributed by atoms with Crippen LogP contribution >= 0.6 is 0 Å². The Hall–Kier alpha value is -4.78. The highest BCUT2D eigenvalue weighted by Crippen LogP contribution is 2.48. The summed E-state index contributed by atoms with van der Waals surface area (Å²) in [7, 11) is 0. The molecule has 0 bridgehead atoms. The van der Waals surface area contributed by atoms with Gasteiger partial charge in [0.25, 0.3) is 5.69 Å². The number of halogens is 3. The molecule has 2 amide bonds. The van der Waals surface area contributed by atoms with Crippen LogP contribution in [-0.2, 0) is 27.0 Å². The number of benzene rings is 3. The number of amides is 2. The predicted octanol–water partition coefficient (Wildman–Crippen LogP) is 4.01. The minimum atomic E-state index is -4.57. The molecule has 3 N–H and O–H groups in total. The van der Waals surface area contributed by atoms with Gasteiger partial charge in [-0.05, 0) is 41.5 Å². The van der Waals surface area contributed by atoms with Crippen LogP contribution in [-0.4, -0.2) is 33.4 Å². The maximum absolute atomic E-state index is 13.1. The monoisotopic (exact) mass is 555 g/mol. The van der Waals surface area contributed by atoms with Crippen molar-refractivity contribution in [1.82, 2.24) is 10.6 Å². The number of nitro benzene ring substituents is 1. The van der Waals surface area contributed by atoms with Gasteiger partial charge in [0, 0.05) is 24.6 Å². The summed E-state index contributed by atoms with van der Waals surface area (Å²) in [6.07, 6.45) is -4.84. The lowest BCUT2D eigenvalue weighted by Crippen LogP contribution is -2.57. The number of aliphatic carboxylic acids is 1. The maximum Gasteiger partial charge on any atom is 0.416 e. The van der Waals surface area contributed by atoms with Gasteiger partial charge in [0.1, 0.15) is 17.0 Å². The van der Waals surface area contributed by atoms with E-state index in [4.69, 9.17) is 4.74 Å². The highest BCUT2D eigenvalue weighted by atomic mass is 19.4. The Balaban J connectivity index is 1.49. The molecule has 4 unspecified atom stereocenters. The minimum absolute atomic E-state index is 0.0870. The van der Waals surface area contributed by atoms with Gasteiger partial charge in [-0.15, -0.1) is 0 Å². The number of carboxylic acids is 1. The summed E-state index contributed by atoms with van der Waals surface area (Å²) in [6.45, 7) is 0. The molecule has 0 aliphatic carbocycles. The normalized spacial score (nSPS) is 23.9. The lowest BCUT2D eigenvalue weighted by Gasteiger charge is -2.30. The number of nitrogens with zero attached hydrogens (tertiary/aromatic N) is 1. The van der Waals surface area contributed by atoms with E-state index in [1.807, 2.05) is 0 Å². The average molecular weight is 555 g/mol. The fourth-order valence-corrected chi connectivity index (χ4v) is 5.35. The van der Waals surface area contributed by atoms with Crippen LogP contribution in [0.4, 0.5) is 18.9 Å². The molecule has 13 heteroatoms. The first-order chi connectivity index (χ1) is 18.9. The van der Waals surface area contributed by atoms with Crippen LogP contribution < -0.4 is 15.4 Å².